The Hall–Kier alpha value is -2.47. The molecule has 3 fully saturated rings. The number of benzene rings is 1. The van der Waals surface area contributed by atoms with E-state index < -0.39 is 6.10 Å². The maximum Gasteiger partial charge on any atom is 0.119 e. The van der Waals surface area contributed by atoms with Crippen molar-refractivity contribution in [1.29, 1.82) is 0 Å². The molecule has 6 rings (SSSR count). The summed E-state index contributed by atoms with van der Waals surface area (Å²) in [7, 11) is 1.65. The number of piperidine rings is 3. The minimum absolute atomic E-state index is 0. The molecule has 0 radical (unpaired) electrons. The van der Waals surface area contributed by atoms with Crippen molar-refractivity contribution < 1.29 is 14.3 Å². The van der Waals surface area contributed by atoms with Gasteiger partial charge in [0.2, 0.25) is 0 Å². The number of fused-ring (bicyclic) bond motifs is 4. The summed E-state index contributed by atoms with van der Waals surface area (Å²) in [5.41, 5.74) is 2.93. The molecule has 0 N–H and O–H groups in total. The Balaban J connectivity index is 0.00000245. The van der Waals surface area contributed by atoms with Crippen molar-refractivity contribution in [2.75, 3.05) is 20.2 Å². The van der Waals surface area contributed by atoms with Gasteiger partial charge in [-0.25, -0.2) is 0 Å². The van der Waals surface area contributed by atoms with Crippen LogP contribution in [0.2, 0.25) is 0 Å². The smallest absolute Gasteiger partial charge is 0.119 e. The molecule has 5 heterocycles. The zero-order valence-corrected chi connectivity index (χ0v) is 19.2. The fraction of sp³-hybridized carbons (Fsp3) is 0.385. The highest BCUT2D eigenvalue weighted by Crippen LogP contribution is 2.47. The lowest BCUT2D eigenvalue weighted by Gasteiger charge is -2.60. The molecule has 3 aliphatic heterocycles. The molecule has 0 aliphatic carbocycles. The first-order valence-corrected chi connectivity index (χ1v) is 11.1. The summed E-state index contributed by atoms with van der Waals surface area (Å²) >= 11 is 0. The number of hydrogen-bond donors (Lipinski definition) is 0. The van der Waals surface area contributed by atoms with Crippen molar-refractivity contribution in [2.45, 2.75) is 31.5 Å². The highest BCUT2D eigenvalue weighted by Gasteiger charge is 2.51. The average Bonchev–Trinajstić information content (AvgIpc) is 2.83. The van der Waals surface area contributed by atoms with Crippen molar-refractivity contribution >= 4 is 23.3 Å². The van der Waals surface area contributed by atoms with Crippen molar-refractivity contribution in [3.8, 4) is 5.75 Å². The average molecular weight is 452 g/mol. The molecule has 0 spiro atoms. The molecule has 5 atom stereocenters. The Morgan fingerprint density at radius 1 is 1.22 bits per heavy atom. The molecule has 3 saturated heterocycles. The van der Waals surface area contributed by atoms with E-state index >= 15 is 0 Å². The second kappa shape index (κ2) is 9.18. The van der Waals surface area contributed by atoms with Gasteiger partial charge in [-0.3, -0.25) is 9.97 Å². The lowest BCUT2D eigenvalue weighted by Crippen LogP contribution is -2.68. The standard InChI is InChI=1S/C26H29N3O2.ClH/c1-3-19-17-29(16-18-6-10-27-11-7-18)13-9-20(19)14-25(29)26(30)22-8-12-28-24-5-4-21(31-2)15-23(22)24;/h3-8,10-12,15,19-20,25-26H,1,9,13-14,16-17H2,2H3;1H/t19?,20?,25?,26-,29?;/m1./s1. The minimum Gasteiger partial charge on any atom is -0.844 e. The molecule has 32 heavy (non-hydrogen) atoms. The molecule has 2 aromatic heterocycles. The SMILES string of the molecule is C=CC1C[N+]2(Cc3ccncc3)CCC1CC2[C@H]([O-])c1ccnc2ccc(OC)cc12.Cl. The van der Waals surface area contributed by atoms with Crippen LogP contribution in [-0.4, -0.2) is 40.7 Å². The van der Waals surface area contributed by atoms with Gasteiger partial charge in [-0.2, -0.15) is 0 Å². The van der Waals surface area contributed by atoms with Gasteiger partial charge in [0.1, 0.15) is 12.3 Å². The topological polar surface area (TPSA) is 58.1 Å². The van der Waals surface area contributed by atoms with Crippen molar-refractivity contribution in [3.05, 3.63) is 78.8 Å². The predicted octanol–water partition coefficient (Wildman–Crippen LogP) is 4.07. The molecule has 168 valence electrons. The first-order chi connectivity index (χ1) is 15.1. The Morgan fingerprint density at radius 3 is 2.78 bits per heavy atom. The normalized spacial score (nSPS) is 27.5. The van der Waals surface area contributed by atoms with Crippen LogP contribution in [0.3, 0.4) is 0 Å². The van der Waals surface area contributed by atoms with Gasteiger partial charge in [-0.15, -0.1) is 19.0 Å². The van der Waals surface area contributed by atoms with E-state index in [2.05, 4.69) is 34.8 Å². The molecule has 4 unspecified atom stereocenters. The quantitative estimate of drug-likeness (QED) is 0.418. The van der Waals surface area contributed by atoms with E-state index in [0.717, 1.165) is 59.2 Å². The first kappa shape index (κ1) is 22.7. The number of nitrogens with zero attached hydrogens (tertiary/aromatic N) is 3. The Labute approximate surface area is 195 Å². The van der Waals surface area contributed by atoms with Crippen LogP contribution >= 0.6 is 12.4 Å². The summed E-state index contributed by atoms with van der Waals surface area (Å²) in [5, 5.41) is 15.1. The molecule has 3 aromatic rings. The number of ether oxygens (including phenoxy) is 1. The maximum atomic E-state index is 14.2. The van der Waals surface area contributed by atoms with Gasteiger partial charge in [0.05, 0.1) is 31.8 Å². The Morgan fingerprint density at radius 2 is 2.03 bits per heavy atom. The zero-order valence-electron chi connectivity index (χ0n) is 18.4. The summed E-state index contributed by atoms with van der Waals surface area (Å²) in [4.78, 5) is 8.66. The fourth-order valence-electron chi connectivity index (χ4n) is 5.94. The van der Waals surface area contributed by atoms with Gasteiger partial charge >= 0.3 is 0 Å². The second-order valence-corrected chi connectivity index (χ2v) is 9.09. The Bertz CT molecular complexity index is 1090. The van der Waals surface area contributed by atoms with Gasteiger partial charge in [-0.05, 0) is 54.0 Å². The third kappa shape index (κ3) is 3.90. The van der Waals surface area contributed by atoms with E-state index in [0.29, 0.717) is 11.8 Å². The van der Waals surface area contributed by atoms with Gasteiger partial charge < -0.3 is 14.3 Å². The monoisotopic (exact) mass is 451 g/mol. The number of hydrogen-bond acceptors (Lipinski definition) is 4. The van der Waals surface area contributed by atoms with Gasteiger partial charge in [0.15, 0.2) is 0 Å². The molecular formula is C26H30ClN3O2. The second-order valence-electron chi connectivity index (χ2n) is 9.09. The van der Waals surface area contributed by atoms with Crippen molar-refractivity contribution in [2.24, 2.45) is 11.8 Å². The van der Waals surface area contributed by atoms with Crippen molar-refractivity contribution in [3.63, 3.8) is 0 Å². The van der Waals surface area contributed by atoms with Crippen molar-refractivity contribution in [1.82, 2.24) is 9.97 Å². The van der Waals surface area contributed by atoms with Gasteiger partial charge in [0.25, 0.3) is 0 Å². The minimum atomic E-state index is -0.812. The number of rotatable bonds is 6. The molecule has 0 amide bonds. The molecule has 6 heteroatoms. The van der Waals surface area contributed by atoms with Crippen LogP contribution in [-0.2, 0) is 6.54 Å². The van der Waals surface area contributed by atoms with E-state index in [-0.39, 0.29) is 18.4 Å². The molecule has 3 aliphatic rings. The third-order valence-corrected chi connectivity index (χ3v) is 7.56. The van der Waals surface area contributed by atoms with E-state index in [4.69, 9.17) is 4.74 Å². The third-order valence-electron chi connectivity index (χ3n) is 7.56. The zero-order chi connectivity index (χ0) is 21.4. The lowest BCUT2D eigenvalue weighted by molar-refractivity contribution is -0.990. The van der Waals surface area contributed by atoms with Crippen LogP contribution < -0.4 is 9.84 Å². The fourth-order valence-corrected chi connectivity index (χ4v) is 5.94. The maximum absolute atomic E-state index is 14.2. The summed E-state index contributed by atoms with van der Waals surface area (Å²) in [6.45, 7) is 7.02. The van der Waals surface area contributed by atoms with Crippen LogP contribution in [0.1, 0.15) is 30.1 Å². The molecule has 2 bridgehead atoms. The summed E-state index contributed by atoms with van der Waals surface area (Å²) < 4.78 is 6.26. The number of pyridine rings is 2. The lowest BCUT2D eigenvalue weighted by atomic mass is 9.71. The van der Waals surface area contributed by atoms with Crippen LogP contribution in [0.25, 0.3) is 10.9 Å². The number of quaternary nitrogens is 1. The van der Waals surface area contributed by atoms with Gasteiger partial charge in [0, 0.05) is 48.3 Å². The number of methoxy groups -OCH3 is 1. The van der Waals surface area contributed by atoms with E-state index in [1.165, 1.54) is 5.56 Å². The summed E-state index contributed by atoms with van der Waals surface area (Å²) in [5.74, 6) is 1.79. The van der Waals surface area contributed by atoms with Crippen LogP contribution in [0.4, 0.5) is 0 Å². The predicted molar refractivity (Wildman–Crippen MR) is 126 cm³/mol. The molecular weight excluding hydrogens is 422 g/mol. The Kier molecular flexibility index (Phi) is 6.52. The molecule has 5 nitrogen and oxygen atoms in total. The van der Waals surface area contributed by atoms with E-state index in [1.807, 2.05) is 36.7 Å². The molecule has 0 saturated carbocycles. The summed E-state index contributed by atoms with van der Waals surface area (Å²) in [6, 6.07) is 11.9. The first-order valence-electron chi connectivity index (χ1n) is 11.1. The largest absolute Gasteiger partial charge is 0.844 e. The van der Waals surface area contributed by atoms with Crippen LogP contribution in [0.5, 0.6) is 5.75 Å². The van der Waals surface area contributed by atoms with E-state index in [9.17, 15) is 5.11 Å². The van der Waals surface area contributed by atoms with Crippen LogP contribution in [0.15, 0.2) is 67.6 Å². The highest BCUT2D eigenvalue weighted by molar-refractivity contribution is 5.85. The summed E-state index contributed by atoms with van der Waals surface area (Å²) in [6.07, 6.45) is 8.88. The number of halogens is 1. The number of aromatic nitrogens is 2. The van der Waals surface area contributed by atoms with E-state index in [1.54, 1.807) is 13.3 Å². The highest BCUT2D eigenvalue weighted by atomic mass is 35.5. The van der Waals surface area contributed by atoms with Crippen LogP contribution in [0, 0.1) is 11.8 Å². The van der Waals surface area contributed by atoms with Gasteiger partial charge in [-0.1, -0.05) is 6.08 Å². The molecule has 1 aromatic carbocycles.